The summed E-state index contributed by atoms with van der Waals surface area (Å²) in [5.41, 5.74) is 5.66. The van der Waals surface area contributed by atoms with Gasteiger partial charge in [0.2, 0.25) is 0 Å². The lowest BCUT2D eigenvalue weighted by Gasteiger charge is -2.14. The zero-order chi connectivity index (χ0) is 11.3. The first-order chi connectivity index (χ1) is 7.08. The summed E-state index contributed by atoms with van der Waals surface area (Å²) < 4.78 is 10.8. The van der Waals surface area contributed by atoms with Crippen LogP contribution in [0.3, 0.4) is 0 Å². The average molecular weight is 233 g/mol. The Hall–Kier alpha value is -0.620. The van der Waals surface area contributed by atoms with E-state index in [-0.39, 0.29) is 5.41 Å². The Kier molecular flexibility index (Phi) is 4.53. The number of hydrogen-bond donors (Lipinski definition) is 3. The molecule has 88 valence electrons. The maximum atomic E-state index is 10.8. The van der Waals surface area contributed by atoms with Crippen molar-refractivity contribution in [3.63, 3.8) is 0 Å². The van der Waals surface area contributed by atoms with Crippen LogP contribution in [0.4, 0.5) is 0 Å². The Morgan fingerprint density at radius 3 is 2.80 bits per heavy atom. The van der Waals surface area contributed by atoms with E-state index in [0.29, 0.717) is 18.0 Å². The fourth-order valence-electron chi connectivity index (χ4n) is 1.58. The molecule has 0 aromatic rings. The lowest BCUT2D eigenvalue weighted by Crippen LogP contribution is -2.30. The molecule has 0 aromatic heterocycles. The third kappa shape index (κ3) is 4.61. The highest BCUT2D eigenvalue weighted by atomic mass is 32.2. The Morgan fingerprint density at radius 1 is 1.67 bits per heavy atom. The molecule has 0 bridgehead atoms. The second kappa shape index (κ2) is 5.46. The highest BCUT2D eigenvalue weighted by Crippen LogP contribution is 2.48. The van der Waals surface area contributed by atoms with Gasteiger partial charge in [-0.25, -0.2) is 0 Å². The fourth-order valence-corrected chi connectivity index (χ4v) is 2.01. The van der Waals surface area contributed by atoms with E-state index in [2.05, 4.69) is 10.5 Å². The van der Waals surface area contributed by atoms with Crippen LogP contribution in [0, 0.1) is 5.41 Å². The van der Waals surface area contributed by atoms with Gasteiger partial charge in [-0.05, 0) is 18.3 Å². The van der Waals surface area contributed by atoms with Crippen LogP contribution in [0.25, 0.3) is 0 Å². The number of rotatable bonds is 7. The van der Waals surface area contributed by atoms with Crippen molar-refractivity contribution in [1.29, 1.82) is 0 Å². The average Bonchev–Trinajstić information content (AvgIpc) is 2.93. The summed E-state index contributed by atoms with van der Waals surface area (Å²) in [5.74, 6) is 0.980. The monoisotopic (exact) mass is 233 g/mol. The summed E-state index contributed by atoms with van der Waals surface area (Å²) in [6, 6.07) is 0. The first kappa shape index (κ1) is 12.4. The molecule has 0 aliphatic heterocycles. The van der Waals surface area contributed by atoms with E-state index in [4.69, 9.17) is 10.9 Å². The van der Waals surface area contributed by atoms with Gasteiger partial charge in [0.25, 0.3) is 0 Å². The van der Waals surface area contributed by atoms with Gasteiger partial charge in [0.15, 0.2) is 0 Å². The molecule has 1 unspecified atom stereocenters. The minimum atomic E-state index is -0.737. The molecule has 1 fully saturated rings. The predicted octanol–water partition coefficient (Wildman–Crippen LogP) is -0.129. The predicted molar refractivity (Wildman–Crippen MR) is 61.5 cm³/mol. The Bertz CT molecular complexity index is 264. The minimum absolute atomic E-state index is 0.186. The van der Waals surface area contributed by atoms with Gasteiger partial charge in [-0.2, -0.15) is 0 Å². The summed E-state index contributed by atoms with van der Waals surface area (Å²) in [5, 5.41) is 14.7. The van der Waals surface area contributed by atoms with E-state index in [1.807, 2.05) is 0 Å². The van der Waals surface area contributed by atoms with E-state index in [1.54, 1.807) is 6.26 Å². The lowest BCUT2D eigenvalue weighted by molar-refractivity contribution is 0.314. The molecule has 1 rings (SSSR count). The second-order valence-corrected chi connectivity index (χ2v) is 5.78. The Morgan fingerprint density at radius 2 is 2.33 bits per heavy atom. The van der Waals surface area contributed by atoms with Gasteiger partial charge in [-0.3, -0.25) is 4.21 Å². The SMILES string of the molecule is CS(=O)CCNCC1(CC(N)=NO)CC1. The second-order valence-electron chi connectivity index (χ2n) is 4.22. The van der Waals surface area contributed by atoms with Crippen molar-refractivity contribution in [2.24, 2.45) is 16.3 Å². The molecule has 0 saturated heterocycles. The van der Waals surface area contributed by atoms with E-state index in [1.165, 1.54) is 0 Å². The van der Waals surface area contributed by atoms with Gasteiger partial charge in [0, 0.05) is 42.3 Å². The van der Waals surface area contributed by atoms with Crippen molar-refractivity contribution < 1.29 is 9.42 Å². The molecule has 0 radical (unpaired) electrons. The van der Waals surface area contributed by atoms with Crippen molar-refractivity contribution in [3.8, 4) is 0 Å². The van der Waals surface area contributed by atoms with Crippen LogP contribution in [0.2, 0.25) is 0 Å². The molecule has 0 spiro atoms. The topological polar surface area (TPSA) is 87.7 Å². The van der Waals surface area contributed by atoms with Crippen molar-refractivity contribution in [3.05, 3.63) is 0 Å². The highest BCUT2D eigenvalue weighted by Gasteiger charge is 2.42. The number of amidine groups is 1. The van der Waals surface area contributed by atoms with Gasteiger partial charge in [-0.15, -0.1) is 0 Å². The Balaban J connectivity index is 2.17. The number of nitrogens with two attached hydrogens (primary N) is 1. The van der Waals surface area contributed by atoms with Crippen molar-refractivity contribution in [2.45, 2.75) is 19.3 Å². The largest absolute Gasteiger partial charge is 0.409 e. The summed E-state index contributed by atoms with van der Waals surface area (Å²) >= 11 is 0. The highest BCUT2D eigenvalue weighted by molar-refractivity contribution is 7.84. The van der Waals surface area contributed by atoms with Crippen LogP contribution in [-0.2, 0) is 10.8 Å². The normalized spacial score (nSPS) is 21.3. The molecular weight excluding hydrogens is 214 g/mol. The van der Waals surface area contributed by atoms with Crippen molar-refractivity contribution in [1.82, 2.24) is 5.32 Å². The van der Waals surface area contributed by atoms with Crippen molar-refractivity contribution in [2.75, 3.05) is 25.1 Å². The molecule has 1 aliphatic carbocycles. The molecule has 1 aliphatic rings. The van der Waals surface area contributed by atoms with Gasteiger partial charge >= 0.3 is 0 Å². The van der Waals surface area contributed by atoms with Crippen molar-refractivity contribution >= 4 is 16.6 Å². The van der Waals surface area contributed by atoms with E-state index in [0.717, 1.165) is 25.9 Å². The van der Waals surface area contributed by atoms with E-state index in [9.17, 15) is 4.21 Å². The van der Waals surface area contributed by atoms with E-state index >= 15 is 0 Å². The molecule has 5 nitrogen and oxygen atoms in total. The summed E-state index contributed by atoms with van der Waals surface area (Å²) in [6.45, 7) is 1.63. The maximum absolute atomic E-state index is 10.8. The summed E-state index contributed by atoms with van der Waals surface area (Å²) in [4.78, 5) is 0. The third-order valence-electron chi connectivity index (χ3n) is 2.71. The van der Waals surface area contributed by atoms with Crippen LogP contribution < -0.4 is 11.1 Å². The first-order valence-electron chi connectivity index (χ1n) is 5.05. The minimum Gasteiger partial charge on any atom is -0.409 e. The standard InChI is InChI=1S/C9H19N3O2S/c1-15(14)5-4-11-7-9(2-3-9)6-8(10)12-13/h11,13H,2-7H2,1H3,(H2,10,12). The fraction of sp³-hybridized carbons (Fsp3) is 0.889. The number of hydrogen-bond acceptors (Lipinski definition) is 4. The molecule has 4 N–H and O–H groups in total. The first-order valence-corrected chi connectivity index (χ1v) is 6.78. The van der Waals surface area contributed by atoms with Crippen LogP contribution in [0.15, 0.2) is 5.16 Å². The molecule has 0 heterocycles. The number of oxime groups is 1. The van der Waals surface area contributed by atoms with E-state index < -0.39 is 10.8 Å². The smallest absolute Gasteiger partial charge is 0.139 e. The molecule has 0 aromatic carbocycles. The van der Waals surface area contributed by atoms with Gasteiger partial charge in [0.05, 0.1) is 0 Å². The van der Waals surface area contributed by atoms with Crippen LogP contribution in [-0.4, -0.2) is 40.3 Å². The molecule has 1 atom stereocenters. The maximum Gasteiger partial charge on any atom is 0.139 e. The lowest BCUT2D eigenvalue weighted by atomic mass is 10.0. The molecule has 1 saturated carbocycles. The quantitative estimate of drug-likeness (QED) is 0.188. The third-order valence-corrected chi connectivity index (χ3v) is 3.49. The van der Waals surface area contributed by atoms with Gasteiger partial charge < -0.3 is 16.3 Å². The van der Waals surface area contributed by atoms with Gasteiger partial charge in [0.1, 0.15) is 5.84 Å². The van der Waals surface area contributed by atoms with Crippen LogP contribution in [0.1, 0.15) is 19.3 Å². The van der Waals surface area contributed by atoms with Crippen LogP contribution >= 0.6 is 0 Å². The summed E-state index contributed by atoms with van der Waals surface area (Å²) in [6.07, 6.45) is 4.58. The zero-order valence-electron chi connectivity index (χ0n) is 9.03. The molecular formula is C9H19N3O2S. The molecule has 0 amide bonds. The van der Waals surface area contributed by atoms with Gasteiger partial charge in [-0.1, -0.05) is 5.16 Å². The molecule has 15 heavy (non-hydrogen) atoms. The van der Waals surface area contributed by atoms with Crippen LogP contribution in [0.5, 0.6) is 0 Å². The summed E-state index contributed by atoms with van der Waals surface area (Å²) in [7, 11) is -0.737. The number of nitrogens with zero attached hydrogens (tertiary/aromatic N) is 1. The Labute approximate surface area is 92.6 Å². The zero-order valence-corrected chi connectivity index (χ0v) is 9.85. The molecule has 6 heteroatoms. The number of nitrogens with one attached hydrogen (secondary N) is 1.